The minimum atomic E-state index is 0.165. The van der Waals surface area contributed by atoms with Crippen molar-refractivity contribution in [3.63, 3.8) is 0 Å². The van der Waals surface area contributed by atoms with Gasteiger partial charge in [0.2, 0.25) is 0 Å². The fourth-order valence-electron chi connectivity index (χ4n) is 2.88. The van der Waals surface area contributed by atoms with Gasteiger partial charge in [0.25, 0.3) is 0 Å². The van der Waals surface area contributed by atoms with Crippen molar-refractivity contribution >= 4 is 0 Å². The van der Waals surface area contributed by atoms with Gasteiger partial charge in [-0.2, -0.15) is 0 Å². The van der Waals surface area contributed by atoms with Gasteiger partial charge in [-0.3, -0.25) is 4.90 Å². The SMILES string of the molecule is CCCN1CCOC(C(N)CCCc2ccccc2)C1. The van der Waals surface area contributed by atoms with E-state index in [0.717, 1.165) is 45.5 Å². The van der Waals surface area contributed by atoms with Gasteiger partial charge in [-0.1, -0.05) is 37.3 Å². The molecular weight excluding hydrogens is 248 g/mol. The van der Waals surface area contributed by atoms with E-state index in [1.165, 1.54) is 12.0 Å². The normalized spacial score (nSPS) is 21.8. The highest BCUT2D eigenvalue weighted by Gasteiger charge is 2.24. The van der Waals surface area contributed by atoms with Gasteiger partial charge in [0.15, 0.2) is 0 Å². The molecule has 0 aromatic heterocycles. The maximum atomic E-state index is 6.32. The van der Waals surface area contributed by atoms with Crippen LogP contribution in [0.15, 0.2) is 30.3 Å². The Balaban J connectivity index is 1.70. The first kappa shape index (κ1) is 15.5. The van der Waals surface area contributed by atoms with Crippen molar-refractivity contribution < 1.29 is 4.74 Å². The molecule has 1 aromatic rings. The van der Waals surface area contributed by atoms with Gasteiger partial charge in [-0.15, -0.1) is 0 Å². The molecule has 1 aromatic carbocycles. The Labute approximate surface area is 123 Å². The molecule has 2 N–H and O–H groups in total. The Morgan fingerprint density at radius 2 is 2.15 bits per heavy atom. The molecule has 3 nitrogen and oxygen atoms in total. The lowest BCUT2D eigenvalue weighted by Gasteiger charge is -2.35. The Hall–Kier alpha value is -0.900. The van der Waals surface area contributed by atoms with Gasteiger partial charge >= 0.3 is 0 Å². The van der Waals surface area contributed by atoms with Crippen LogP contribution in [0.5, 0.6) is 0 Å². The molecule has 1 fully saturated rings. The maximum absolute atomic E-state index is 6.32. The summed E-state index contributed by atoms with van der Waals surface area (Å²) in [6.45, 7) is 6.28. The highest BCUT2D eigenvalue weighted by molar-refractivity contribution is 5.14. The number of rotatable bonds is 7. The number of morpholine rings is 1. The Morgan fingerprint density at radius 1 is 1.35 bits per heavy atom. The fourth-order valence-corrected chi connectivity index (χ4v) is 2.88. The first-order valence-electron chi connectivity index (χ1n) is 7.93. The molecule has 1 heterocycles. The molecule has 20 heavy (non-hydrogen) atoms. The molecule has 2 unspecified atom stereocenters. The Bertz CT molecular complexity index is 367. The fraction of sp³-hybridized carbons (Fsp3) is 0.647. The predicted molar refractivity (Wildman–Crippen MR) is 83.8 cm³/mol. The summed E-state index contributed by atoms with van der Waals surface area (Å²) in [5.41, 5.74) is 7.72. The molecule has 112 valence electrons. The summed E-state index contributed by atoms with van der Waals surface area (Å²) in [6.07, 6.45) is 4.71. The van der Waals surface area contributed by atoms with Crippen LogP contribution in [0, 0.1) is 0 Å². The van der Waals surface area contributed by atoms with Gasteiger partial charge in [0.05, 0.1) is 12.7 Å². The molecule has 0 saturated carbocycles. The standard InChI is InChI=1S/C17H28N2O/c1-2-11-19-12-13-20-17(14-19)16(18)10-6-9-15-7-4-3-5-8-15/h3-5,7-8,16-17H,2,6,9-14,18H2,1H3. The molecule has 2 rings (SSSR count). The summed E-state index contributed by atoms with van der Waals surface area (Å²) in [5.74, 6) is 0. The zero-order chi connectivity index (χ0) is 14.2. The lowest BCUT2D eigenvalue weighted by molar-refractivity contribution is -0.0415. The maximum Gasteiger partial charge on any atom is 0.0853 e. The van der Waals surface area contributed by atoms with Crippen molar-refractivity contribution in [1.82, 2.24) is 4.90 Å². The van der Waals surface area contributed by atoms with Crippen molar-refractivity contribution in [2.24, 2.45) is 5.73 Å². The van der Waals surface area contributed by atoms with Crippen LogP contribution in [-0.4, -0.2) is 43.3 Å². The van der Waals surface area contributed by atoms with E-state index in [1.54, 1.807) is 0 Å². The molecule has 0 radical (unpaired) electrons. The van der Waals surface area contributed by atoms with Gasteiger partial charge in [0.1, 0.15) is 0 Å². The molecule has 0 amide bonds. The van der Waals surface area contributed by atoms with E-state index in [1.807, 2.05) is 0 Å². The molecule has 1 aliphatic rings. The lowest BCUT2D eigenvalue weighted by Crippen LogP contribution is -2.50. The van der Waals surface area contributed by atoms with Crippen LogP contribution in [0.25, 0.3) is 0 Å². The first-order valence-corrected chi connectivity index (χ1v) is 7.93. The van der Waals surface area contributed by atoms with Gasteiger partial charge in [-0.25, -0.2) is 0 Å². The quantitative estimate of drug-likeness (QED) is 0.831. The number of nitrogens with zero attached hydrogens (tertiary/aromatic N) is 1. The number of nitrogens with two attached hydrogens (primary N) is 1. The zero-order valence-corrected chi connectivity index (χ0v) is 12.6. The molecule has 3 heteroatoms. The van der Waals surface area contributed by atoms with Crippen LogP contribution in [0.3, 0.4) is 0 Å². The molecular formula is C17H28N2O. The van der Waals surface area contributed by atoms with E-state index in [4.69, 9.17) is 10.5 Å². The van der Waals surface area contributed by atoms with Crippen molar-refractivity contribution in [2.45, 2.75) is 44.8 Å². The molecule has 1 saturated heterocycles. The average Bonchev–Trinajstić information content (AvgIpc) is 2.49. The summed E-state index contributed by atoms with van der Waals surface area (Å²) in [4.78, 5) is 2.48. The van der Waals surface area contributed by atoms with Gasteiger partial charge in [0, 0.05) is 19.1 Å². The lowest BCUT2D eigenvalue weighted by atomic mass is 10.0. The van der Waals surface area contributed by atoms with E-state index >= 15 is 0 Å². The highest BCUT2D eigenvalue weighted by Crippen LogP contribution is 2.13. The smallest absolute Gasteiger partial charge is 0.0853 e. The van der Waals surface area contributed by atoms with Gasteiger partial charge in [-0.05, 0) is 37.8 Å². The van der Waals surface area contributed by atoms with Crippen molar-refractivity contribution in [1.29, 1.82) is 0 Å². The third kappa shape index (κ3) is 4.89. The molecule has 2 atom stereocenters. The van der Waals surface area contributed by atoms with Crippen LogP contribution >= 0.6 is 0 Å². The monoisotopic (exact) mass is 276 g/mol. The van der Waals surface area contributed by atoms with Gasteiger partial charge < -0.3 is 10.5 Å². The van der Waals surface area contributed by atoms with E-state index in [9.17, 15) is 0 Å². The van der Waals surface area contributed by atoms with Crippen LogP contribution in [0.1, 0.15) is 31.7 Å². The highest BCUT2D eigenvalue weighted by atomic mass is 16.5. The molecule has 0 spiro atoms. The second-order valence-electron chi connectivity index (χ2n) is 5.75. The number of hydrogen-bond donors (Lipinski definition) is 1. The largest absolute Gasteiger partial charge is 0.374 e. The Morgan fingerprint density at radius 3 is 2.90 bits per heavy atom. The minimum absolute atomic E-state index is 0.165. The minimum Gasteiger partial charge on any atom is -0.374 e. The summed E-state index contributed by atoms with van der Waals surface area (Å²) < 4.78 is 5.85. The average molecular weight is 276 g/mol. The number of hydrogen-bond acceptors (Lipinski definition) is 3. The van der Waals surface area contributed by atoms with Crippen molar-refractivity contribution in [2.75, 3.05) is 26.2 Å². The second kappa shape index (κ2) is 8.40. The summed E-state index contributed by atoms with van der Waals surface area (Å²) >= 11 is 0. The molecule has 1 aliphatic heterocycles. The van der Waals surface area contributed by atoms with E-state index in [-0.39, 0.29) is 12.1 Å². The van der Waals surface area contributed by atoms with Crippen LogP contribution in [0.4, 0.5) is 0 Å². The Kier molecular flexibility index (Phi) is 6.51. The van der Waals surface area contributed by atoms with E-state index < -0.39 is 0 Å². The number of ether oxygens (including phenoxy) is 1. The molecule has 0 aliphatic carbocycles. The topological polar surface area (TPSA) is 38.5 Å². The zero-order valence-electron chi connectivity index (χ0n) is 12.6. The predicted octanol–water partition coefficient (Wildman–Crippen LogP) is 2.45. The number of benzene rings is 1. The van der Waals surface area contributed by atoms with Crippen LogP contribution in [-0.2, 0) is 11.2 Å². The summed E-state index contributed by atoms with van der Waals surface area (Å²) in [7, 11) is 0. The summed E-state index contributed by atoms with van der Waals surface area (Å²) in [5, 5.41) is 0. The second-order valence-corrected chi connectivity index (χ2v) is 5.75. The first-order chi connectivity index (χ1) is 9.79. The molecule has 0 bridgehead atoms. The van der Waals surface area contributed by atoms with Crippen LogP contribution in [0.2, 0.25) is 0 Å². The summed E-state index contributed by atoms with van der Waals surface area (Å²) in [6, 6.07) is 10.8. The third-order valence-electron chi connectivity index (χ3n) is 4.04. The van der Waals surface area contributed by atoms with Crippen molar-refractivity contribution in [3.05, 3.63) is 35.9 Å². The third-order valence-corrected chi connectivity index (χ3v) is 4.04. The number of aryl methyl sites for hydroxylation is 1. The van der Waals surface area contributed by atoms with Crippen LogP contribution < -0.4 is 5.73 Å². The van der Waals surface area contributed by atoms with E-state index in [0.29, 0.717) is 0 Å². The van der Waals surface area contributed by atoms with E-state index in [2.05, 4.69) is 42.2 Å². The van der Waals surface area contributed by atoms with Crippen molar-refractivity contribution in [3.8, 4) is 0 Å².